The number of benzene rings is 1. The van der Waals surface area contributed by atoms with Crippen molar-refractivity contribution in [2.24, 2.45) is 0 Å². The van der Waals surface area contributed by atoms with Crippen molar-refractivity contribution in [2.45, 2.75) is 0 Å². The summed E-state index contributed by atoms with van der Waals surface area (Å²) in [5, 5.41) is 2.09. The molecule has 136 valence electrons. The molecule has 3 aromatic rings. The second-order valence-electron chi connectivity index (χ2n) is 5.22. The number of methoxy groups -OCH3 is 1. The molecular formula is C17H17N3O4S2. The first-order valence-corrected chi connectivity index (χ1v) is 10.2. The van der Waals surface area contributed by atoms with E-state index < -0.39 is 10.0 Å². The lowest BCUT2D eigenvalue weighted by Crippen LogP contribution is -2.21. The van der Waals surface area contributed by atoms with E-state index in [9.17, 15) is 8.42 Å². The fourth-order valence-corrected chi connectivity index (χ4v) is 3.95. The average molecular weight is 391 g/mol. The van der Waals surface area contributed by atoms with E-state index in [1.807, 2.05) is 6.07 Å². The van der Waals surface area contributed by atoms with Crippen LogP contribution in [0.3, 0.4) is 0 Å². The topological polar surface area (TPSA) is 90.4 Å². The number of anilines is 1. The van der Waals surface area contributed by atoms with Crippen molar-refractivity contribution in [3.63, 3.8) is 0 Å². The third-order valence-corrected chi connectivity index (χ3v) is 5.48. The molecule has 0 atom stereocenters. The van der Waals surface area contributed by atoms with Gasteiger partial charge < -0.3 is 9.47 Å². The number of hydrogen-bond acceptors (Lipinski definition) is 7. The third kappa shape index (κ3) is 4.93. The van der Waals surface area contributed by atoms with Crippen LogP contribution in [0.15, 0.2) is 54.2 Å². The average Bonchev–Trinajstić information content (AvgIpc) is 3.10. The largest absolute Gasteiger partial charge is 0.497 e. The minimum absolute atomic E-state index is 0.0303. The fourth-order valence-electron chi connectivity index (χ4n) is 2.09. The number of hydrogen-bond donors (Lipinski definition) is 1. The van der Waals surface area contributed by atoms with Gasteiger partial charge in [-0.2, -0.15) is 0 Å². The van der Waals surface area contributed by atoms with Gasteiger partial charge in [-0.1, -0.05) is 0 Å². The Labute approximate surface area is 155 Å². The number of nitrogens with zero attached hydrogens (tertiary/aromatic N) is 2. The Morgan fingerprint density at radius 3 is 2.62 bits per heavy atom. The second-order valence-corrected chi connectivity index (χ2v) is 7.92. The monoisotopic (exact) mass is 391 g/mol. The van der Waals surface area contributed by atoms with E-state index in [4.69, 9.17) is 9.47 Å². The van der Waals surface area contributed by atoms with Gasteiger partial charge in [-0.05, 0) is 36.4 Å². The number of rotatable bonds is 8. The van der Waals surface area contributed by atoms with Crippen LogP contribution in [0.25, 0.3) is 11.3 Å². The lowest BCUT2D eigenvalue weighted by Gasteiger charge is -2.08. The van der Waals surface area contributed by atoms with E-state index >= 15 is 0 Å². The Balaban J connectivity index is 1.54. The van der Waals surface area contributed by atoms with Crippen molar-refractivity contribution in [1.29, 1.82) is 0 Å². The highest BCUT2D eigenvalue weighted by atomic mass is 32.2. The van der Waals surface area contributed by atoms with Crippen molar-refractivity contribution >= 4 is 26.5 Å². The Hall–Kier alpha value is -2.65. The molecule has 0 bridgehead atoms. The molecule has 26 heavy (non-hydrogen) atoms. The van der Waals surface area contributed by atoms with Crippen molar-refractivity contribution < 1.29 is 17.9 Å². The quantitative estimate of drug-likeness (QED) is 0.635. The fraction of sp³-hybridized carbons (Fsp3) is 0.176. The SMILES string of the molecule is COc1ccc(OCCS(=O)(=O)Nc2nc(-c3cccnc3)cs2)cc1. The molecule has 0 amide bonds. The standard InChI is InChI=1S/C17H17N3O4S2/c1-23-14-4-6-15(7-5-14)24-9-10-26(21,22)20-17-19-16(12-25-17)13-3-2-8-18-11-13/h2-8,11-12H,9-10H2,1H3,(H,19,20). The van der Waals surface area contributed by atoms with E-state index in [1.54, 1.807) is 55.2 Å². The van der Waals surface area contributed by atoms with Gasteiger partial charge in [0.15, 0.2) is 5.13 Å². The number of sulfonamides is 1. The molecule has 9 heteroatoms. The van der Waals surface area contributed by atoms with Gasteiger partial charge in [0.25, 0.3) is 0 Å². The van der Waals surface area contributed by atoms with Gasteiger partial charge in [-0.25, -0.2) is 13.4 Å². The first kappa shape index (κ1) is 18.2. The summed E-state index contributed by atoms with van der Waals surface area (Å²) in [4.78, 5) is 8.31. The first-order chi connectivity index (χ1) is 12.6. The third-order valence-electron chi connectivity index (χ3n) is 3.38. The van der Waals surface area contributed by atoms with E-state index in [-0.39, 0.29) is 12.4 Å². The molecule has 0 fully saturated rings. The number of ether oxygens (including phenoxy) is 2. The zero-order valence-corrected chi connectivity index (χ0v) is 15.6. The molecule has 3 rings (SSSR count). The molecule has 7 nitrogen and oxygen atoms in total. The maximum Gasteiger partial charge on any atom is 0.237 e. The molecule has 1 N–H and O–H groups in total. The van der Waals surface area contributed by atoms with Crippen LogP contribution >= 0.6 is 11.3 Å². The predicted octanol–water partition coefficient (Wildman–Crippen LogP) is 3.03. The van der Waals surface area contributed by atoms with Crippen LogP contribution in [0.5, 0.6) is 11.5 Å². The summed E-state index contributed by atoms with van der Waals surface area (Å²) >= 11 is 1.22. The van der Waals surface area contributed by atoms with Gasteiger partial charge >= 0.3 is 0 Å². The van der Waals surface area contributed by atoms with Crippen molar-refractivity contribution in [3.8, 4) is 22.8 Å². The molecule has 0 aliphatic rings. The lowest BCUT2D eigenvalue weighted by molar-refractivity contribution is 0.340. The van der Waals surface area contributed by atoms with E-state index in [0.29, 0.717) is 22.3 Å². The summed E-state index contributed by atoms with van der Waals surface area (Å²) in [6, 6.07) is 10.6. The van der Waals surface area contributed by atoms with Gasteiger partial charge in [0.1, 0.15) is 23.9 Å². The molecule has 1 aromatic carbocycles. The molecule has 0 saturated carbocycles. The van der Waals surface area contributed by atoms with Crippen molar-refractivity contribution in [3.05, 3.63) is 54.2 Å². The molecule has 0 unspecified atom stereocenters. The summed E-state index contributed by atoms with van der Waals surface area (Å²) in [6.07, 6.45) is 3.35. The summed E-state index contributed by atoms with van der Waals surface area (Å²) < 4.78 is 37.3. The van der Waals surface area contributed by atoms with Gasteiger partial charge in [0.2, 0.25) is 10.0 Å². The number of thiazole rings is 1. The Bertz CT molecular complexity index is 942. The Morgan fingerprint density at radius 1 is 1.15 bits per heavy atom. The number of aromatic nitrogens is 2. The minimum atomic E-state index is -3.55. The zero-order valence-electron chi connectivity index (χ0n) is 14.0. The maximum atomic E-state index is 12.2. The molecule has 0 saturated heterocycles. The van der Waals surface area contributed by atoms with E-state index in [1.165, 1.54) is 11.3 Å². The summed E-state index contributed by atoms with van der Waals surface area (Å²) in [5.41, 5.74) is 1.51. The molecule has 0 aliphatic heterocycles. The van der Waals surface area contributed by atoms with Crippen LogP contribution < -0.4 is 14.2 Å². The van der Waals surface area contributed by atoms with Crippen LogP contribution in [-0.4, -0.2) is 37.9 Å². The Kier molecular flexibility index (Phi) is 5.69. The molecule has 0 aliphatic carbocycles. The normalized spacial score (nSPS) is 11.1. The van der Waals surface area contributed by atoms with Crippen molar-refractivity contribution in [2.75, 3.05) is 24.2 Å². The summed E-state index contributed by atoms with van der Waals surface area (Å²) in [5.74, 6) is 1.11. The smallest absolute Gasteiger partial charge is 0.237 e. The molecule has 2 aromatic heterocycles. The highest BCUT2D eigenvalue weighted by Crippen LogP contribution is 2.24. The van der Waals surface area contributed by atoms with Crippen LogP contribution in [-0.2, 0) is 10.0 Å². The van der Waals surface area contributed by atoms with Crippen LogP contribution in [0.2, 0.25) is 0 Å². The van der Waals surface area contributed by atoms with E-state index in [2.05, 4.69) is 14.7 Å². The van der Waals surface area contributed by atoms with Crippen molar-refractivity contribution in [1.82, 2.24) is 9.97 Å². The molecular weight excluding hydrogens is 374 g/mol. The van der Waals surface area contributed by atoms with Gasteiger partial charge in [-0.15, -0.1) is 11.3 Å². The van der Waals surface area contributed by atoms with Crippen LogP contribution in [0.1, 0.15) is 0 Å². The number of nitrogens with one attached hydrogen (secondary N) is 1. The van der Waals surface area contributed by atoms with Crippen LogP contribution in [0, 0.1) is 0 Å². The van der Waals surface area contributed by atoms with Gasteiger partial charge in [0, 0.05) is 23.3 Å². The van der Waals surface area contributed by atoms with Gasteiger partial charge in [-0.3, -0.25) is 9.71 Å². The highest BCUT2D eigenvalue weighted by Gasteiger charge is 2.14. The zero-order chi connectivity index (χ0) is 18.4. The van der Waals surface area contributed by atoms with E-state index in [0.717, 1.165) is 5.56 Å². The summed E-state index contributed by atoms with van der Waals surface area (Å²) in [6.45, 7) is 0.0303. The number of pyridine rings is 1. The highest BCUT2D eigenvalue weighted by molar-refractivity contribution is 7.92. The molecule has 0 radical (unpaired) electrons. The lowest BCUT2D eigenvalue weighted by atomic mass is 10.2. The summed E-state index contributed by atoms with van der Waals surface area (Å²) in [7, 11) is -1.98. The first-order valence-electron chi connectivity index (χ1n) is 7.69. The Morgan fingerprint density at radius 2 is 1.92 bits per heavy atom. The van der Waals surface area contributed by atoms with Gasteiger partial charge in [0.05, 0.1) is 12.8 Å². The predicted molar refractivity (Wildman–Crippen MR) is 101 cm³/mol. The van der Waals surface area contributed by atoms with Crippen LogP contribution in [0.4, 0.5) is 5.13 Å². The maximum absolute atomic E-state index is 12.2. The molecule has 0 spiro atoms. The molecule has 2 heterocycles. The second kappa shape index (κ2) is 8.15. The minimum Gasteiger partial charge on any atom is -0.497 e.